The maximum atomic E-state index is 12.9. The third-order valence-electron chi connectivity index (χ3n) is 4.21. The number of rotatable bonds is 6. The van der Waals surface area contributed by atoms with Gasteiger partial charge in [-0.1, -0.05) is 0 Å². The van der Waals surface area contributed by atoms with Gasteiger partial charge in [0.2, 0.25) is 0 Å². The van der Waals surface area contributed by atoms with Crippen LogP contribution in [0.3, 0.4) is 0 Å². The number of nitrogens with zero attached hydrogens (tertiary/aromatic N) is 2. The molecule has 3 rings (SSSR count). The van der Waals surface area contributed by atoms with Crippen molar-refractivity contribution in [3.8, 4) is 11.5 Å². The van der Waals surface area contributed by atoms with Crippen molar-refractivity contribution in [1.29, 1.82) is 0 Å². The van der Waals surface area contributed by atoms with Gasteiger partial charge >= 0.3 is 0 Å². The van der Waals surface area contributed by atoms with Crippen molar-refractivity contribution in [2.75, 3.05) is 20.3 Å². The van der Waals surface area contributed by atoms with Gasteiger partial charge in [-0.15, -0.1) is 0 Å². The topological polar surface area (TPSA) is 111 Å². The number of aromatic nitrogens is 2. The third-order valence-corrected chi connectivity index (χ3v) is 4.21. The number of hydrogen-bond donors (Lipinski definition) is 2. The number of nitrogens with two attached hydrogens (primary N) is 1. The highest BCUT2D eigenvalue weighted by Gasteiger charge is 2.28. The van der Waals surface area contributed by atoms with Gasteiger partial charge in [-0.25, -0.2) is 4.98 Å². The lowest BCUT2D eigenvalue weighted by Crippen LogP contribution is -2.26. The minimum atomic E-state index is -0.191. The average Bonchev–Trinajstić information content (AvgIpc) is 3.05. The van der Waals surface area contributed by atoms with E-state index in [1.165, 1.54) is 0 Å². The standard InChI is InChI=1S/C18H22N4O4/c1-11-20-14-10-22(9-13(14)17(23)21-11)18(24)12-4-5-15(25-2)16(8-12)26-7-3-6-19/h4-5,8H,3,6-7,9-10,19H2,1-2H3,(H,20,21,23). The Bertz CT molecular complexity index is 878. The highest BCUT2D eigenvalue weighted by molar-refractivity contribution is 5.95. The van der Waals surface area contributed by atoms with Crippen molar-refractivity contribution in [3.63, 3.8) is 0 Å². The molecule has 26 heavy (non-hydrogen) atoms. The molecule has 0 bridgehead atoms. The van der Waals surface area contributed by atoms with Gasteiger partial charge < -0.3 is 25.1 Å². The fraction of sp³-hybridized carbons (Fsp3) is 0.389. The van der Waals surface area contributed by atoms with E-state index < -0.39 is 0 Å². The number of H-pyrrole nitrogens is 1. The van der Waals surface area contributed by atoms with Crippen LogP contribution in [0.5, 0.6) is 11.5 Å². The van der Waals surface area contributed by atoms with Gasteiger partial charge in [-0.05, 0) is 38.1 Å². The molecule has 1 aromatic carbocycles. The average molecular weight is 358 g/mol. The van der Waals surface area contributed by atoms with Crippen LogP contribution in [-0.2, 0) is 13.1 Å². The zero-order valence-electron chi connectivity index (χ0n) is 14.9. The van der Waals surface area contributed by atoms with Gasteiger partial charge in [0.15, 0.2) is 11.5 Å². The molecule has 0 saturated carbocycles. The van der Waals surface area contributed by atoms with Crippen molar-refractivity contribution in [2.24, 2.45) is 5.73 Å². The fourth-order valence-electron chi connectivity index (χ4n) is 2.90. The Morgan fingerprint density at radius 1 is 1.35 bits per heavy atom. The summed E-state index contributed by atoms with van der Waals surface area (Å²) in [5, 5.41) is 0. The number of nitrogens with one attached hydrogen (secondary N) is 1. The first kappa shape index (κ1) is 17.9. The van der Waals surface area contributed by atoms with E-state index in [0.29, 0.717) is 60.3 Å². The Labute approximate surface area is 150 Å². The summed E-state index contributed by atoms with van der Waals surface area (Å²) >= 11 is 0. The van der Waals surface area contributed by atoms with Crippen LogP contribution in [0.1, 0.15) is 33.9 Å². The van der Waals surface area contributed by atoms with E-state index in [-0.39, 0.29) is 18.0 Å². The Balaban J connectivity index is 1.81. The van der Waals surface area contributed by atoms with Gasteiger partial charge in [0.1, 0.15) is 5.82 Å². The fourth-order valence-corrected chi connectivity index (χ4v) is 2.90. The molecule has 0 radical (unpaired) electrons. The third kappa shape index (κ3) is 3.55. The van der Waals surface area contributed by atoms with Gasteiger partial charge in [0.05, 0.1) is 38.1 Å². The van der Waals surface area contributed by atoms with E-state index in [4.69, 9.17) is 15.2 Å². The van der Waals surface area contributed by atoms with Crippen LogP contribution in [0.25, 0.3) is 0 Å². The summed E-state index contributed by atoms with van der Waals surface area (Å²) < 4.78 is 11.0. The Morgan fingerprint density at radius 2 is 2.15 bits per heavy atom. The number of ether oxygens (including phenoxy) is 2. The molecule has 138 valence electrons. The normalized spacial score (nSPS) is 12.8. The van der Waals surface area contributed by atoms with Crippen molar-refractivity contribution in [2.45, 2.75) is 26.4 Å². The maximum absolute atomic E-state index is 12.9. The quantitative estimate of drug-likeness (QED) is 0.745. The largest absolute Gasteiger partial charge is 0.493 e. The number of aryl methyl sites for hydroxylation is 1. The molecule has 1 amide bonds. The van der Waals surface area contributed by atoms with Gasteiger partial charge in [0.25, 0.3) is 11.5 Å². The maximum Gasteiger partial charge on any atom is 0.256 e. The van der Waals surface area contributed by atoms with Crippen LogP contribution in [0, 0.1) is 6.92 Å². The molecule has 0 spiro atoms. The minimum absolute atomic E-state index is 0.189. The van der Waals surface area contributed by atoms with E-state index >= 15 is 0 Å². The molecular formula is C18H22N4O4. The number of hydrogen-bond acceptors (Lipinski definition) is 6. The SMILES string of the molecule is COc1ccc(C(=O)N2Cc3nc(C)[nH]c(=O)c3C2)cc1OCCCN. The minimum Gasteiger partial charge on any atom is -0.493 e. The molecule has 3 N–H and O–H groups in total. The molecule has 0 unspecified atom stereocenters. The first-order chi connectivity index (χ1) is 12.5. The lowest BCUT2D eigenvalue weighted by Gasteiger charge is -2.17. The molecule has 0 saturated heterocycles. The van der Waals surface area contributed by atoms with Crippen LogP contribution >= 0.6 is 0 Å². The molecule has 1 aliphatic heterocycles. The first-order valence-corrected chi connectivity index (χ1v) is 8.42. The number of aromatic amines is 1. The second-order valence-electron chi connectivity index (χ2n) is 6.09. The zero-order valence-corrected chi connectivity index (χ0v) is 14.9. The lowest BCUT2D eigenvalue weighted by atomic mass is 10.1. The van der Waals surface area contributed by atoms with Crippen molar-refractivity contribution >= 4 is 5.91 Å². The monoisotopic (exact) mass is 358 g/mol. The van der Waals surface area contributed by atoms with Crippen molar-refractivity contribution in [1.82, 2.24) is 14.9 Å². The van der Waals surface area contributed by atoms with Crippen LogP contribution in [-0.4, -0.2) is 41.0 Å². The van der Waals surface area contributed by atoms with Crippen molar-refractivity contribution < 1.29 is 14.3 Å². The first-order valence-electron chi connectivity index (χ1n) is 8.42. The van der Waals surface area contributed by atoms with Crippen LogP contribution in [0.15, 0.2) is 23.0 Å². The number of benzene rings is 1. The molecule has 0 aliphatic carbocycles. The Hall–Kier alpha value is -2.87. The second-order valence-corrected chi connectivity index (χ2v) is 6.09. The van der Waals surface area contributed by atoms with Crippen molar-refractivity contribution in [3.05, 3.63) is 51.2 Å². The van der Waals surface area contributed by atoms with Gasteiger partial charge in [-0.2, -0.15) is 0 Å². The molecule has 8 nitrogen and oxygen atoms in total. The number of fused-ring (bicyclic) bond motifs is 1. The summed E-state index contributed by atoms with van der Waals surface area (Å²) in [4.78, 5) is 33.5. The van der Waals surface area contributed by atoms with Gasteiger partial charge in [-0.3, -0.25) is 9.59 Å². The summed E-state index contributed by atoms with van der Waals surface area (Å²) in [7, 11) is 1.55. The highest BCUT2D eigenvalue weighted by Crippen LogP contribution is 2.30. The zero-order chi connectivity index (χ0) is 18.7. The summed E-state index contributed by atoms with van der Waals surface area (Å²) in [5.74, 6) is 1.40. The molecular weight excluding hydrogens is 336 g/mol. The van der Waals surface area contributed by atoms with E-state index in [1.54, 1.807) is 37.1 Å². The molecule has 0 atom stereocenters. The van der Waals surface area contributed by atoms with Gasteiger partial charge in [0, 0.05) is 5.56 Å². The number of carbonyl (C=O) groups is 1. The second kappa shape index (κ2) is 7.57. The summed E-state index contributed by atoms with van der Waals surface area (Å²) in [6, 6.07) is 5.04. The van der Waals surface area contributed by atoms with Crippen LogP contribution in [0.2, 0.25) is 0 Å². The van der Waals surface area contributed by atoms with Crippen LogP contribution in [0.4, 0.5) is 0 Å². The Kier molecular flexibility index (Phi) is 5.22. The predicted octanol–water partition coefficient (Wildman–Crippen LogP) is 0.971. The number of amides is 1. The molecule has 1 aromatic heterocycles. The lowest BCUT2D eigenvalue weighted by molar-refractivity contribution is 0.0749. The summed E-state index contributed by atoms with van der Waals surface area (Å²) in [5.41, 5.74) is 6.94. The van der Waals surface area contributed by atoms with E-state index in [1.807, 2.05) is 0 Å². The molecule has 8 heteroatoms. The highest BCUT2D eigenvalue weighted by atomic mass is 16.5. The predicted molar refractivity (Wildman–Crippen MR) is 95.3 cm³/mol. The van der Waals surface area contributed by atoms with E-state index in [0.717, 1.165) is 0 Å². The number of carbonyl (C=O) groups excluding carboxylic acids is 1. The molecule has 0 fully saturated rings. The van der Waals surface area contributed by atoms with E-state index in [2.05, 4.69) is 9.97 Å². The number of methoxy groups -OCH3 is 1. The van der Waals surface area contributed by atoms with E-state index in [9.17, 15) is 9.59 Å². The van der Waals surface area contributed by atoms with Crippen LogP contribution < -0.4 is 20.8 Å². The Morgan fingerprint density at radius 3 is 2.88 bits per heavy atom. The smallest absolute Gasteiger partial charge is 0.256 e. The summed E-state index contributed by atoms with van der Waals surface area (Å²) in [6.07, 6.45) is 0.705. The molecule has 1 aliphatic rings. The summed E-state index contributed by atoms with van der Waals surface area (Å²) in [6.45, 7) is 3.24. The molecule has 2 heterocycles. The molecule has 2 aromatic rings.